The van der Waals surface area contributed by atoms with Crippen molar-refractivity contribution in [2.24, 2.45) is 5.73 Å². The predicted octanol–water partition coefficient (Wildman–Crippen LogP) is 2.78. The fraction of sp³-hybridized carbons (Fsp3) is 0.600. The van der Waals surface area contributed by atoms with E-state index in [1.807, 2.05) is 24.3 Å². The van der Waals surface area contributed by atoms with Crippen LogP contribution in [-0.4, -0.2) is 17.3 Å². The van der Waals surface area contributed by atoms with E-state index in [0.29, 0.717) is 6.61 Å². The fourth-order valence-corrected chi connectivity index (χ4v) is 2.53. The van der Waals surface area contributed by atoms with Crippen molar-refractivity contribution < 1.29 is 9.84 Å². The summed E-state index contributed by atoms with van der Waals surface area (Å²) in [7, 11) is 0. The summed E-state index contributed by atoms with van der Waals surface area (Å²) >= 11 is 0. The molecule has 1 aromatic rings. The minimum Gasteiger partial charge on any atom is -0.490 e. The van der Waals surface area contributed by atoms with Crippen LogP contribution in [0, 0.1) is 0 Å². The smallest absolute Gasteiger partial charge is 0.124 e. The summed E-state index contributed by atoms with van der Waals surface area (Å²) < 4.78 is 5.82. The molecule has 1 aliphatic rings. The molecule has 0 aromatic heterocycles. The van der Waals surface area contributed by atoms with Gasteiger partial charge in [-0.3, -0.25) is 0 Å². The third-order valence-corrected chi connectivity index (χ3v) is 3.79. The van der Waals surface area contributed by atoms with Crippen molar-refractivity contribution in [3.63, 3.8) is 0 Å². The molecule has 3 nitrogen and oxygen atoms in total. The van der Waals surface area contributed by atoms with E-state index in [9.17, 15) is 5.11 Å². The van der Waals surface area contributed by atoms with Gasteiger partial charge in [0, 0.05) is 11.6 Å². The van der Waals surface area contributed by atoms with Crippen molar-refractivity contribution in [3.8, 4) is 5.75 Å². The summed E-state index contributed by atoms with van der Waals surface area (Å²) in [6, 6.07) is 7.85. The Morgan fingerprint density at radius 2 is 2.00 bits per heavy atom. The first-order valence-electron chi connectivity index (χ1n) is 6.84. The van der Waals surface area contributed by atoms with Crippen molar-refractivity contribution in [2.75, 3.05) is 6.61 Å². The second kappa shape index (κ2) is 5.72. The molecule has 0 bridgehead atoms. The Bertz CT molecular complexity index is 386. The zero-order chi connectivity index (χ0) is 13.0. The van der Waals surface area contributed by atoms with Crippen molar-refractivity contribution in [1.82, 2.24) is 0 Å². The average molecular weight is 249 g/mol. The maximum Gasteiger partial charge on any atom is 0.124 e. The second-order valence-corrected chi connectivity index (χ2v) is 5.27. The van der Waals surface area contributed by atoms with Crippen LogP contribution in [0.25, 0.3) is 0 Å². The van der Waals surface area contributed by atoms with Crippen LogP contribution in [0.5, 0.6) is 5.75 Å². The molecule has 3 heteroatoms. The van der Waals surface area contributed by atoms with Crippen LogP contribution in [0.4, 0.5) is 0 Å². The van der Waals surface area contributed by atoms with Crippen LogP contribution in [0.15, 0.2) is 24.3 Å². The van der Waals surface area contributed by atoms with E-state index >= 15 is 0 Å². The molecule has 0 radical (unpaired) electrons. The third-order valence-electron chi connectivity index (χ3n) is 3.79. The Morgan fingerprint density at radius 1 is 1.33 bits per heavy atom. The zero-order valence-electron chi connectivity index (χ0n) is 11.1. The predicted molar refractivity (Wildman–Crippen MR) is 72.6 cm³/mol. The van der Waals surface area contributed by atoms with E-state index in [2.05, 4.69) is 6.92 Å². The van der Waals surface area contributed by atoms with Gasteiger partial charge < -0.3 is 15.6 Å². The molecule has 0 saturated heterocycles. The molecule has 3 N–H and O–H groups in total. The van der Waals surface area contributed by atoms with Gasteiger partial charge in [-0.05, 0) is 25.3 Å². The number of hydrogen-bond donors (Lipinski definition) is 2. The highest BCUT2D eigenvalue weighted by molar-refractivity contribution is 5.35. The van der Waals surface area contributed by atoms with Crippen LogP contribution < -0.4 is 10.5 Å². The fourth-order valence-electron chi connectivity index (χ4n) is 2.53. The minimum absolute atomic E-state index is 0.000536. The number of rotatable bonds is 5. The Labute approximate surface area is 109 Å². The normalized spacial score (nSPS) is 19.7. The van der Waals surface area contributed by atoms with Gasteiger partial charge in [0.15, 0.2) is 0 Å². The monoisotopic (exact) mass is 249 g/mol. The van der Waals surface area contributed by atoms with Crippen LogP contribution in [0.2, 0.25) is 0 Å². The van der Waals surface area contributed by atoms with Gasteiger partial charge in [-0.25, -0.2) is 0 Å². The number of hydrogen-bond acceptors (Lipinski definition) is 3. The minimum atomic E-state index is -0.635. The van der Waals surface area contributed by atoms with Crippen LogP contribution in [0.3, 0.4) is 0 Å². The maximum absolute atomic E-state index is 10.3. The molecule has 0 unspecified atom stereocenters. The van der Waals surface area contributed by atoms with Crippen molar-refractivity contribution in [3.05, 3.63) is 29.8 Å². The highest BCUT2D eigenvalue weighted by Crippen LogP contribution is 2.32. The van der Waals surface area contributed by atoms with Crippen molar-refractivity contribution in [2.45, 2.75) is 50.7 Å². The average Bonchev–Trinajstić information content (AvgIpc) is 2.83. The molecule has 0 heterocycles. The first-order valence-corrected chi connectivity index (χ1v) is 6.84. The summed E-state index contributed by atoms with van der Waals surface area (Å²) in [6.07, 6.45) is 4.75. The first kappa shape index (κ1) is 13.4. The van der Waals surface area contributed by atoms with Gasteiger partial charge >= 0.3 is 0 Å². The summed E-state index contributed by atoms with van der Waals surface area (Å²) in [4.78, 5) is 0. The third kappa shape index (κ3) is 3.03. The molecule has 1 atom stereocenters. The highest BCUT2D eigenvalue weighted by atomic mass is 16.5. The van der Waals surface area contributed by atoms with Crippen LogP contribution in [0.1, 0.15) is 50.6 Å². The number of nitrogens with two attached hydrogens (primary N) is 1. The summed E-state index contributed by atoms with van der Waals surface area (Å²) in [5.41, 5.74) is 6.46. The Morgan fingerprint density at radius 3 is 2.67 bits per heavy atom. The number of para-hydroxylation sites is 1. The van der Waals surface area contributed by atoms with Gasteiger partial charge in [-0.15, -0.1) is 0 Å². The van der Waals surface area contributed by atoms with E-state index in [1.54, 1.807) is 0 Å². The topological polar surface area (TPSA) is 55.5 Å². The molecule has 1 fully saturated rings. The van der Waals surface area contributed by atoms with Gasteiger partial charge in [-0.2, -0.15) is 0 Å². The van der Waals surface area contributed by atoms with Gasteiger partial charge in [0.25, 0.3) is 0 Å². The molecule has 18 heavy (non-hydrogen) atoms. The van der Waals surface area contributed by atoms with Crippen molar-refractivity contribution in [1.29, 1.82) is 0 Å². The largest absolute Gasteiger partial charge is 0.490 e. The summed E-state index contributed by atoms with van der Waals surface area (Å²) in [5.74, 6) is 0.812. The summed E-state index contributed by atoms with van der Waals surface area (Å²) in [6.45, 7) is 2.44. The molecule has 0 spiro atoms. The molecule has 1 saturated carbocycles. The zero-order valence-corrected chi connectivity index (χ0v) is 11.1. The standard InChI is InChI=1S/C15H23NO2/c1-2-13(16)12-7-3-4-8-14(12)18-11-15(17)9-5-6-10-15/h3-4,7-8,13,17H,2,5-6,9-11,16H2,1H3/t13-/m1/s1. The number of aliphatic hydroxyl groups is 1. The lowest BCUT2D eigenvalue weighted by molar-refractivity contribution is 0.00103. The molecule has 0 amide bonds. The molecular weight excluding hydrogens is 226 g/mol. The molecule has 100 valence electrons. The molecular formula is C15H23NO2. The Balaban J connectivity index is 2.04. The molecule has 2 rings (SSSR count). The maximum atomic E-state index is 10.3. The SMILES string of the molecule is CC[C@@H](N)c1ccccc1OCC1(O)CCCC1. The van der Waals surface area contributed by atoms with E-state index in [4.69, 9.17) is 10.5 Å². The van der Waals surface area contributed by atoms with Gasteiger partial charge in [-0.1, -0.05) is 38.0 Å². The lowest BCUT2D eigenvalue weighted by atomic mass is 10.0. The van der Waals surface area contributed by atoms with E-state index < -0.39 is 5.60 Å². The quantitative estimate of drug-likeness (QED) is 0.843. The first-order chi connectivity index (χ1) is 8.64. The van der Waals surface area contributed by atoms with E-state index in [1.165, 1.54) is 0 Å². The lowest BCUT2D eigenvalue weighted by Gasteiger charge is -2.24. The highest BCUT2D eigenvalue weighted by Gasteiger charge is 2.32. The second-order valence-electron chi connectivity index (χ2n) is 5.27. The number of ether oxygens (including phenoxy) is 1. The van der Waals surface area contributed by atoms with Crippen LogP contribution >= 0.6 is 0 Å². The molecule has 1 aromatic carbocycles. The van der Waals surface area contributed by atoms with Gasteiger partial charge in [0.1, 0.15) is 12.4 Å². The Hall–Kier alpha value is -1.06. The Kier molecular flexibility index (Phi) is 4.25. The van der Waals surface area contributed by atoms with Gasteiger partial charge in [0.05, 0.1) is 5.60 Å². The molecule has 1 aliphatic carbocycles. The van der Waals surface area contributed by atoms with E-state index in [-0.39, 0.29) is 6.04 Å². The summed E-state index contributed by atoms with van der Waals surface area (Å²) in [5, 5.41) is 10.3. The lowest BCUT2D eigenvalue weighted by Crippen LogP contribution is -2.32. The van der Waals surface area contributed by atoms with E-state index in [0.717, 1.165) is 43.4 Å². The van der Waals surface area contributed by atoms with Crippen LogP contribution in [-0.2, 0) is 0 Å². The van der Waals surface area contributed by atoms with Gasteiger partial charge in [0.2, 0.25) is 0 Å². The molecule has 0 aliphatic heterocycles. The number of benzene rings is 1. The van der Waals surface area contributed by atoms with Crippen molar-refractivity contribution >= 4 is 0 Å².